The summed E-state index contributed by atoms with van der Waals surface area (Å²) in [7, 11) is 0. The molecule has 1 atom stereocenters. The lowest BCUT2D eigenvalue weighted by Gasteiger charge is -2.18. The Balaban J connectivity index is 2.55. The van der Waals surface area contributed by atoms with E-state index in [0.717, 1.165) is 5.56 Å². The van der Waals surface area contributed by atoms with Gasteiger partial charge in [0, 0.05) is 6.54 Å². The quantitative estimate of drug-likeness (QED) is 0.103. The first kappa shape index (κ1) is 23.1. The van der Waals surface area contributed by atoms with Gasteiger partial charge in [-0.2, -0.15) is 0 Å². The normalized spacial score (nSPS) is 11.8. The minimum absolute atomic E-state index is 0.00835. The van der Waals surface area contributed by atoms with E-state index in [2.05, 4.69) is 21.1 Å². The number of carboxylic acid groups (broad SMARTS) is 1. The molecule has 13 nitrogen and oxygen atoms in total. The predicted molar refractivity (Wildman–Crippen MR) is 100 cm³/mol. The standard InChI is InChI=1S/C16H22N6O7/c17-15(21-22(27)28)18-8-4-7-12(14(25)19-9-13(23)24)20-16(26)29-10-11-5-2-1-3-6-11/h1-3,5-6,12H,4,7-10H2,(H,19,25)(H,20,26)(H,23,24)(H3,17,18,21)/t12-/m0/s1. The van der Waals surface area contributed by atoms with Gasteiger partial charge >= 0.3 is 12.1 Å². The average Bonchev–Trinajstić information content (AvgIpc) is 2.67. The molecule has 29 heavy (non-hydrogen) atoms. The largest absolute Gasteiger partial charge is 0.480 e. The SMILES string of the molecule is N/C(=N\[N+](=O)[O-])NCCC[C@H](NC(=O)OCc1ccccc1)C(=O)NCC(=O)O. The highest BCUT2D eigenvalue weighted by atomic mass is 16.7. The van der Waals surface area contributed by atoms with E-state index in [4.69, 9.17) is 15.6 Å². The number of nitrogens with two attached hydrogens (primary N) is 1. The summed E-state index contributed by atoms with van der Waals surface area (Å²) in [5, 5.41) is 27.8. The van der Waals surface area contributed by atoms with Crippen molar-refractivity contribution < 1.29 is 29.3 Å². The number of nitrogens with zero attached hydrogens (tertiary/aromatic N) is 2. The maximum absolute atomic E-state index is 12.1. The summed E-state index contributed by atoms with van der Waals surface area (Å²) in [6, 6.07) is 7.80. The molecule has 0 unspecified atom stereocenters. The number of rotatable bonds is 11. The van der Waals surface area contributed by atoms with Crippen molar-refractivity contribution in [3.63, 3.8) is 0 Å². The second-order valence-corrected chi connectivity index (χ2v) is 5.66. The van der Waals surface area contributed by atoms with E-state index >= 15 is 0 Å². The zero-order chi connectivity index (χ0) is 21.6. The number of carboxylic acids is 1. The van der Waals surface area contributed by atoms with Gasteiger partial charge in [-0.05, 0) is 18.4 Å². The molecule has 0 saturated heterocycles. The maximum Gasteiger partial charge on any atom is 0.408 e. The summed E-state index contributed by atoms with van der Waals surface area (Å²) in [6.45, 7) is -0.491. The van der Waals surface area contributed by atoms with Gasteiger partial charge in [0.15, 0.2) is 5.03 Å². The first-order valence-corrected chi connectivity index (χ1v) is 8.47. The molecule has 0 aliphatic heterocycles. The van der Waals surface area contributed by atoms with Crippen LogP contribution in [0.1, 0.15) is 18.4 Å². The molecule has 0 spiro atoms. The molecule has 1 aromatic carbocycles. The van der Waals surface area contributed by atoms with Crippen LogP contribution in [0.4, 0.5) is 4.79 Å². The Bertz CT molecular complexity index is 741. The molecular formula is C16H22N6O7. The third-order valence-corrected chi connectivity index (χ3v) is 3.40. The Labute approximate surface area is 165 Å². The lowest BCUT2D eigenvalue weighted by molar-refractivity contribution is -0.485. The first-order valence-electron chi connectivity index (χ1n) is 8.47. The maximum atomic E-state index is 12.1. The number of hydrazone groups is 1. The van der Waals surface area contributed by atoms with Gasteiger partial charge in [-0.3, -0.25) is 9.59 Å². The molecule has 0 fully saturated rings. The Morgan fingerprint density at radius 2 is 1.93 bits per heavy atom. The zero-order valence-corrected chi connectivity index (χ0v) is 15.4. The van der Waals surface area contributed by atoms with Crippen LogP contribution >= 0.6 is 0 Å². The van der Waals surface area contributed by atoms with Gasteiger partial charge in [-0.15, -0.1) is 0 Å². The van der Waals surface area contributed by atoms with Gasteiger partial charge in [-0.25, -0.2) is 14.9 Å². The molecule has 0 aliphatic rings. The average molecular weight is 410 g/mol. The number of aliphatic carboxylic acids is 1. The summed E-state index contributed by atoms with van der Waals surface area (Å²) in [4.78, 5) is 44.9. The Kier molecular flexibility index (Phi) is 9.96. The van der Waals surface area contributed by atoms with Crippen molar-refractivity contribution in [1.29, 1.82) is 0 Å². The molecule has 158 valence electrons. The fraction of sp³-hybridized carbons (Fsp3) is 0.375. The highest BCUT2D eigenvalue weighted by molar-refractivity contribution is 5.87. The van der Waals surface area contributed by atoms with Crippen LogP contribution in [0.3, 0.4) is 0 Å². The fourth-order valence-corrected chi connectivity index (χ4v) is 2.11. The van der Waals surface area contributed by atoms with Crippen molar-refractivity contribution in [2.24, 2.45) is 10.8 Å². The summed E-state index contributed by atoms with van der Waals surface area (Å²) in [6.07, 6.45) is -0.505. The van der Waals surface area contributed by atoms with Gasteiger partial charge in [-0.1, -0.05) is 30.3 Å². The fourth-order valence-electron chi connectivity index (χ4n) is 2.11. The van der Waals surface area contributed by atoms with Crippen molar-refractivity contribution in [3.8, 4) is 0 Å². The van der Waals surface area contributed by atoms with Crippen molar-refractivity contribution in [3.05, 3.63) is 46.0 Å². The van der Waals surface area contributed by atoms with Crippen LogP contribution in [0, 0.1) is 10.1 Å². The van der Waals surface area contributed by atoms with Crippen molar-refractivity contribution >= 4 is 23.9 Å². The lowest BCUT2D eigenvalue weighted by Crippen LogP contribution is -2.48. The van der Waals surface area contributed by atoms with E-state index < -0.39 is 41.5 Å². The van der Waals surface area contributed by atoms with Gasteiger partial charge in [0.05, 0.1) is 0 Å². The molecule has 0 saturated carbocycles. The number of amides is 2. The van der Waals surface area contributed by atoms with E-state index in [0.29, 0.717) is 0 Å². The van der Waals surface area contributed by atoms with Gasteiger partial charge in [0.2, 0.25) is 5.91 Å². The molecule has 0 aromatic heterocycles. The van der Waals surface area contributed by atoms with E-state index in [-0.39, 0.29) is 26.0 Å². The van der Waals surface area contributed by atoms with Crippen LogP contribution in [-0.4, -0.2) is 53.2 Å². The number of nitrogens with one attached hydrogen (secondary N) is 3. The molecular weight excluding hydrogens is 388 g/mol. The molecule has 13 heteroatoms. The van der Waals surface area contributed by atoms with Crippen molar-refractivity contribution in [2.45, 2.75) is 25.5 Å². The molecule has 6 N–H and O–H groups in total. The minimum atomic E-state index is -1.24. The molecule has 1 rings (SSSR count). The zero-order valence-electron chi connectivity index (χ0n) is 15.4. The number of alkyl carbamates (subject to hydrolysis) is 1. The van der Waals surface area contributed by atoms with E-state index in [9.17, 15) is 24.5 Å². The second kappa shape index (κ2) is 12.5. The molecule has 0 radical (unpaired) electrons. The number of ether oxygens (including phenoxy) is 1. The molecule has 0 aliphatic carbocycles. The minimum Gasteiger partial charge on any atom is -0.480 e. The van der Waals surface area contributed by atoms with Crippen LogP contribution in [0.2, 0.25) is 0 Å². The monoisotopic (exact) mass is 410 g/mol. The predicted octanol–water partition coefficient (Wildman–Crippen LogP) is -0.642. The van der Waals surface area contributed by atoms with Crippen LogP contribution in [-0.2, 0) is 20.9 Å². The highest BCUT2D eigenvalue weighted by Gasteiger charge is 2.21. The Morgan fingerprint density at radius 3 is 2.55 bits per heavy atom. The first-order chi connectivity index (χ1) is 13.8. The summed E-state index contributed by atoms with van der Waals surface area (Å²) >= 11 is 0. The molecule has 0 bridgehead atoms. The van der Waals surface area contributed by atoms with E-state index in [1.54, 1.807) is 24.3 Å². The van der Waals surface area contributed by atoms with Crippen molar-refractivity contribution in [2.75, 3.05) is 13.1 Å². The summed E-state index contributed by atoms with van der Waals surface area (Å²) in [5.41, 5.74) is 6.02. The van der Waals surface area contributed by atoms with Gasteiger partial charge in [0.25, 0.3) is 5.96 Å². The van der Waals surface area contributed by atoms with Gasteiger partial charge < -0.3 is 31.5 Å². The second-order valence-electron chi connectivity index (χ2n) is 5.66. The number of benzene rings is 1. The number of guanidine groups is 1. The van der Waals surface area contributed by atoms with Crippen LogP contribution in [0.15, 0.2) is 35.4 Å². The van der Waals surface area contributed by atoms with Gasteiger partial charge in [0.1, 0.15) is 24.3 Å². The Morgan fingerprint density at radius 1 is 1.24 bits per heavy atom. The highest BCUT2D eigenvalue weighted by Crippen LogP contribution is 2.02. The van der Waals surface area contributed by atoms with E-state index in [1.807, 2.05) is 6.07 Å². The van der Waals surface area contributed by atoms with Crippen molar-refractivity contribution in [1.82, 2.24) is 16.0 Å². The van der Waals surface area contributed by atoms with Crippen LogP contribution in [0.25, 0.3) is 0 Å². The lowest BCUT2D eigenvalue weighted by atomic mass is 10.1. The summed E-state index contributed by atoms with van der Waals surface area (Å²) < 4.78 is 5.05. The van der Waals surface area contributed by atoms with E-state index in [1.165, 1.54) is 0 Å². The third-order valence-electron chi connectivity index (χ3n) is 3.40. The topological polar surface area (TPSA) is 198 Å². The van der Waals surface area contributed by atoms with Crippen LogP contribution < -0.4 is 21.7 Å². The molecule has 2 amide bonds. The number of hydrogen-bond acceptors (Lipinski definition) is 6. The number of hydrogen-bond donors (Lipinski definition) is 5. The molecule has 1 aromatic rings. The van der Waals surface area contributed by atoms with Crippen LogP contribution in [0.5, 0.6) is 0 Å². The third kappa shape index (κ3) is 10.7. The Hall–Kier alpha value is -3.90. The molecule has 0 heterocycles. The summed E-state index contributed by atoms with van der Waals surface area (Å²) in [5.74, 6) is -2.36. The number of nitro groups is 1. The number of carbonyl (C=O) groups is 3. The number of carbonyl (C=O) groups excluding carboxylic acids is 2. The smallest absolute Gasteiger partial charge is 0.408 e.